The fourth-order valence-electron chi connectivity index (χ4n) is 10.7. The van der Waals surface area contributed by atoms with Gasteiger partial charge in [0.05, 0.1) is 139 Å². The van der Waals surface area contributed by atoms with Gasteiger partial charge < -0.3 is 71.4 Å². The molecule has 0 bridgehead atoms. The molecule has 14 N–H and O–H groups in total. The molecule has 7 aromatic heterocycles. The van der Waals surface area contributed by atoms with Gasteiger partial charge in [0, 0.05) is 43.2 Å². The van der Waals surface area contributed by atoms with Gasteiger partial charge in [0.1, 0.15) is 50.9 Å². The Morgan fingerprint density at radius 3 is 1.18 bits per heavy atom. The van der Waals surface area contributed by atoms with Gasteiger partial charge in [-0.1, -0.05) is 48.6 Å². The van der Waals surface area contributed by atoms with Crippen LogP contribution in [-0.4, -0.2) is 171 Å². The summed E-state index contributed by atoms with van der Waals surface area (Å²) in [6.07, 6.45) is 16.2. The van der Waals surface area contributed by atoms with Crippen molar-refractivity contribution >= 4 is 138 Å². The number of ether oxygens (including phenoxy) is 7. The third-order valence-corrected chi connectivity index (χ3v) is 17.0. The summed E-state index contributed by atoms with van der Waals surface area (Å²) in [6.45, 7) is 0.904. The highest BCUT2D eigenvalue weighted by molar-refractivity contribution is 14.1. The first-order valence-electron chi connectivity index (χ1n) is 32.5. The molecule has 7 heterocycles. The second kappa shape index (κ2) is 37.1. The van der Waals surface area contributed by atoms with E-state index in [-0.39, 0.29) is 28.9 Å². The highest BCUT2D eigenvalue weighted by Gasteiger charge is 2.27. The summed E-state index contributed by atoms with van der Waals surface area (Å²) in [5.41, 5.74) is 25.2. The van der Waals surface area contributed by atoms with Crippen LogP contribution in [-0.2, 0) is 20.8 Å². The van der Waals surface area contributed by atoms with Crippen molar-refractivity contribution in [1.29, 1.82) is 5.26 Å². The van der Waals surface area contributed by atoms with E-state index in [1.807, 2.05) is 78.9 Å². The van der Waals surface area contributed by atoms with Crippen molar-refractivity contribution in [2.24, 2.45) is 17.2 Å². The monoisotopic (exact) mass is 1580 g/mol. The first-order valence-corrected chi connectivity index (χ1v) is 33.5. The fourth-order valence-corrected chi connectivity index (χ4v) is 11.3. The lowest BCUT2D eigenvalue weighted by atomic mass is 10.0. The van der Waals surface area contributed by atoms with E-state index in [4.69, 9.17) is 55.6 Å². The molecule has 0 saturated carbocycles. The number of methoxy groups -OCH3 is 7. The smallest absolute Gasteiger partial charge is 0.255 e. The van der Waals surface area contributed by atoms with Crippen LogP contribution >= 0.6 is 22.6 Å². The van der Waals surface area contributed by atoms with Gasteiger partial charge in [-0.15, -0.1) is 0 Å². The van der Waals surface area contributed by atoms with Crippen molar-refractivity contribution in [1.82, 2.24) is 71.7 Å². The summed E-state index contributed by atoms with van der Waals surface area (Å²) in [5, 5.41) is 57.1. The van der Waals surface area contributed by atoms with E-state index >= 15 is 0 Å². The van der Waals surface area contributed by atoms with Crippen LogP contribution in [0.4, 0.5) is 0 Å². The van der Waals surface area contributed by atoms with E-state index in [0.29, 0.717) is 90.2 Å². The number of fused-ring (bicyclic) bond motifs is 4. The number of benzene rings is 5. The summed E-state index contributed by atoms with van der Waals surface area (Å²) in [5.74, 6) is -0.547. The van der Waals surface area contributed by atoms with Crippen molar-refractivity contribution in [3.63, 3.8) is 0 Å². The number of nitriles is 1. The Labute approximate surface area is 629 Å². The van der Waals surface area contributed by atoms with Crippen molar-refractivity contribution in [3.05, 3.63) is 199 Å². The zero-order chi connectivity index (χ0) is 77.6. The predicted molar refractivity (Wildman–Crippen MR) is 411 cm³/mol. The number of aliphatic hydroxyl groups excluding tert-OH is 1. The second-order valence-electron chi connectivity index (χ2n) is 23.0. The lowest BCUT2D eigenvalue weighted by molar-refractivity contribution is -0.121. The number of hydrogen-bond acceptors (Lipinski definition) is 22. The summed E-state index contributed by atoms with van der Waals surface area (Å²) in [6, 6.07) is 32.7. The summed E-state index contributed by atoms with van der Waals surface area (Å²) < 4.78 is 37.9. The quantitative estimate of drug-likeness (QED) is 0.0247. The largest absolute Gasteiger partial charge is 0.495 e. The minimum absolute atomic E-state index is 0.173. The van der Waals surface area contributed by atoms with Crippen molar-refractivity contribution in [2.45, 2.75) is 31.5 Å². The van der Waals surface area contributed by atoms with E-state index in [1.54, 1.807) is 114 Å². The topological polar surface area (TPSA) is 479 Å². The molecule has 0 spiro atoms. The number of nitrogens with one attached hydrogen (secondary N) is 7. The number of aliphatic hydroxyl groups is 1. The summed E-state index contributed by atoms with van der Waals surface area (Å²) in [4.78, 5) is 85.5. The van der Waals surface area contributed by atoms with Gasteiger partial charge in [0.15, 0.2) is 0 Å². The predicted octanol–water partition coefficient (Wildman–Crippen LogP) is 7.49. The van der Waals surface area contributed by atoms with Gasteiger partial charge in [0.25, 0.3) is 17.7 Å². The minimum Gasteiger partial charge on any atom is -0.495 e. The molecule has 5 aromatic carbocycles. The van der Waals surface area contributed by atoms with Crippen LogP contribution in [0.3, 0.4) is 0 Å². The number of amides is 6. The molecule has 32 nitrogen and oxygen atoms in total. The zero-order valence-electron chi connectivity index (χ0n) is 59.3. The highest BCUT2D eigenvalue weighted by atomic mass is 127. The number of carbonyl (C=O) groups excluding carboxylic acids is 6. The molecular weight excluding hydrogens is 1500 g/mol. The molecule has 12 aromatic rings. The van der Waals surface area contributed by atoms with E-state index in [9.17, 15) is 33.9 Å². The minimum atomic E-state index is -1.20. The maximum atomic E-state index is 13.2. The summed E-state index contributed by atoms with van der Waals surface area (Å²) in [7, 11) is 10.6. The number of nitrogens with zero attached hydrogens (tertiary/aromatic N) is 8. The molecule has 0 aliphatic heterocycles. The van der Waals surface area contributed by atoms with E-state index in [0.717, 1.165) is 36.9 Å². The van der Waals surface area contributed by atoms with Crippen LogP contribution in [0.5, 0.6) is 40.6 Å². The number of H-pyrrole nitrogens is 4. The number of halogens is 1. The van der Waals surface area contributed by atoms with Crippen molar-refractivity contribution < 1.29 is 67.0 Å². The van der Waals surface area contributed by atoms with Gasteiger partial charge in [-0.3, -0.25) is 49.2 Å². The van der Waals surface area contributed by atoms with E-state index in [1.165, 1.54) is 34.3 Å². The average Bonchev–Trinajstić information content (AvgIpc) is 1.62. The Hall–Kier alpha value is -13.8. The van der Waals surface area contributed by atoms with Gasteiger partial charge in [0.2, 0.25) is 35.4 Å². The molecule has 0 aliphatic carbocycles. The number of hydrogen-bond donors (Lipinski definition) is 11. The number of nitrogens with two attached hydrogens (primary N) is 3. The van der Waals surface area contributed by atoms with Crippen LogP contribution in [0.1, 0.15) is 82.9 Å². The van der Waals surface area contributed by atoms with Crippen LogP contribution in [0.25, 0.3) is 80.1 Å². The third kappa shape index (κ3) is 19.0. The number of pyridine rings is 3. The average molecular weight is 1580 g/mol. The van der Waals surface area contributed by atoms with E-state index in [2.05, 4.69) is 100 Å². The van der Waals surface area contributed by atoms with E-state index < -0.39 is 60.2 Å². The van der Waals surface area contributed by atoms with Gasteiger partial charge in [-0.25, -0.2) is 15.0 Å². The van der Waals surface area contributed by atoms with Crippen molar-refractivity contribution in [3.8, 4) is 46.7 Å². The molecule has 0 radical (unpaired) electrons. The lowest BCUT2D eigenvalue weighted by Gasteiger charge is -2.17. The number of aromatic nitrogens is 11. The Morgan fingerprint density at radius 1 is 0.463 bits per heavy atom. The molecule has 3 atom stereocenters. The standard InChI is InChI=1S/C26H25N5O4.C20H21N5O5.C20H21N5O4.C9H6IN3O/c1-34-22-13-9-17(15-28-22)8-11-19-23-20(31-30-19)12-10-18(24(23)35-2)26(33)29-21(25(27)32)14-16-6-4-3-5-7-16;1-29-16-8-4-11(9-22-16)3-6-13-17-14(25-24-13)7-5-12(18(17)30-2)20(28)23-15(10-26)19(21)27;1-11(19(21)26)23-20(27)13-6-8-15-17(18(13)29-3)14(24-25-15)7-4-12-5-9-16(28-2)22-10-12;1-14-8-5(4-11)2-3-6-7(8)9(10)13-12-6/h3-13,15,21H,14H2,1-2H3,(H2,27,32)(H,29,33)(H,30,31);3-9,15,26H,10H2,1-2H3,(H2,21,27)(H,23,28)(H,24,25);4-11H,1-3H3,(H2,21,26)(H,23,27)(H,24,25);2-3H,1H3,(H,12,13)/b11-8+;6-3+;7-4+;. The summed E-state index contributed by atoms with van der Waals surface area (Å²) >= 11 is 2.13. The number of aromatic amines is 4. The molecule has 6 amide bonds. The van der Waals surface area contributed by atoms with Gasteiger partial charge in [-0.05, 0) is 137 Å². The first-order chi connectivity index (χ1) is 52.2. The Balaban J connectivity index is 0.000000172. The highest BCUT2D eigenvalue weighted by Crippen LogP contribution is 2.36. The molecule has 108 heavy (non-hydrogen) atoms. The number of primary amides is 3. The maximum absolute atomic E-state index is 13.2. The third-order valence-electron chi connectivity index (χ3n) is 16.2. The van der Waals surface area contributed by atoms with Crippen LogP contribution < -0.4 is 66.3 Å². The molecule has 3 unspecified atom stereocenters. The number of rotatable bonds is 25. The first kappa shape index (κ1) is 78.4. The van der Waals surface area contributed by atoms with Crippen LogP contribution in [0.15, 0.2) is 134 Å². The van der Waals surface area contributed by atoms with Crippen LogP contribution in [0.2, 0.25) is 0 Å². The van der Waals surface area contributed by atoms with Crippen molar-refractivity contribution in [2.75, 3.05) is 56.4 Å². The molecule has 554 valence electrons. The number of carbonyl (C=O) groups is 6. The Kier molecular flexibility index (Phi) is 26.9. The maximum Gasteiger partial charge on any atom is 0.255 e. The molecular formula is C75H73IN18O14. The molecule has 0 saturated heterocycles. The van der Waals surface area contributed by atoms with Crippen LogP contribution in [0, 0.1) is 15.0 Å². The van der Waals surface area contributed by atoms with Gasteiger partial charge >= 0.3 is 0 Å². The second-order valence-corrected chi connectivity index (χ2v) is 24.0. The Bertz CT molecular complexity index is 5340. The normalized spacial score (nSPS) is 11.8. The van der Waals surface area contributed by atoms with Gasteiger partial charge in [-0.2, -0.15) is 25.7 Å². The Morgan fingerprint density at radius 2 is 0.833 bits per heavy atom. The molecule has 0 aliphatic rings. The SMILES string of the molecule is COc1c(C#N)ccc2n[nH]c(I)c12.COc1ccc(/C=C/c2[nH]nc3ccc(C(=O)NC(C)C(N)=O)c(OC)c23)cn1.COc1ccc(/C=C/c2[nH]nc3ccc(C(=O)NC(CO)C(N)=O)c(OC)c23)cn1.COc1ccc(/C=C/c2[nH]nc3ccc(C(=O)NC(Cc4ccccc4)C(N)=O)c(OC)c23)cn1. The lowest BCUT2D eigenvalue weighted by Crippen LogP contribution is -2.46. The fraction of sp³-hybridized carbons (Fsp3) is 0.173. The zero-order valence-corrected chi connectivity index (χ0v) is 61.4. The molecule has 0 fully saturated rings. The molecule has 12 rings (SSSR count). The molecule has 33 heteroatoms.